The predicted octanol–water partition coefficient (Wildman–Crippen LogP) is 3.94. The predicted molar refractivity (Wildman–Crippen MR) is 113 cm³/mol. The second kappa shape index (κ2) is 8.83. The third kappa shape index (κ3) is 4.27. The summed E-state index contributed by atoms with van der Waals surface area (Å²) >= 11 is 0. The third-order valence-corrected chi connectivity index (χ3v) is 4.56. The average molecular weight is 392 g/mol. The number of nitrogens with one attached hydrogen (secondary N) is 1. The molecule has 1 N–H and O–H groups in total. The standard InChI is InChI=1S/C21H24N6O2/c1-3-4-9-27-14-23-18-19(27)25-21(26-20(18)29-11-10-28-2)24-16-12-15-7-5-6-8-17(15)22-13-16/h5-8,12-14H,3-4,9-11H2,1-2H3,(H,24,25,26). The summed E-state index contributed by atoms with van der Waals surface area (Å²) in [7, 11) is 1.64. The van der Waals surface area contributed by atoms with Gasteiger partial charge in [0.05, 0.1) is 30.3 Å². The Kier molecular flexibility index (Phi) is 5.81. The number of imidazole rings is 1. The number of pyridine rings is 1. The molecule has 4 aromatic rings. The fourth-order valence-electron chi connectivity index (χ4n) is 3.06. The van der Waals surface area contributed by atoms with E-state index in [1.807, 2.05) is 34.9 Å². The zero-order valence-corrected chi connectivity index (χ0v) is 16.6. The molecule has 0 saturated carbocycles. The lowest BCUT2D eigenvalue weighted by molar-refractivity contribution is 0.144. The molecule has 4 rings (SSSR count). The van der Waals surface area contributed by atoms with Crippen molar-refractivity contribution in [3.63, 3.8) is 0 Å². The summed E-state index contributed by atoms with van der Waals surface area (Å²) in [4.78, 5) is 18.2. The zero-order chi connectivity index (χ0) is 20.1. The summed E-state index contributed by atoms with van der Waals surface area (Å²) in [6.07, 6.45) is 5.71. The molecule has 0 spiro atoms. The number of anilines is 2. The van der Waals surface area contributed by atoms with Crippen molar-refractivity contribution in [1.29, 1.82) is 0 Å². The number of ether oxygens (including phenoxy) is 2. The minimum Gasteiger partial charge on any atom is -0.474 e. The van der Waals surface area contributed by atoms with Gasteiger partial charge in [0.15, 0.2) is 11.2 Å². The summed E-state index contributed by atoms with van der Waals surface area (Å²) < 4.78 is 12.9. The highest BCUT2D eigenvalue weighted by Gasteiger charge is 2.15. The Morgan fingerprint density at radius 2 is 2.00 bits per heavy atom. The van der Waals surface area contributed by atoms with Crippen molar-refractivity contribution < 1.29 is 9.47 Å². The monoisotopic (exact) mass is 392 g/mol. The smallest absolute Gasteiger partial charge is 0.247 e. The molecule has 0 bridgehead atoms. The maximum absolute atomic E-state index is 5.82. The van der Waals surface area contributed by atoms with E-state index in [1.165, 1.54) is 0 Å². The third-order valence-electron chi connectivity index (χ3n) is 4.56. The van der Waals surface area contributed by atoms with Gasteiger partial charge in [0.2, 0.25) is 11.8 Å². The lowest BCUT2D eigenvalue weighted by Gasteiger charge is -2.10. The largest absolute Gasteiger partial charge is 0.474 e. The van der Waals surface area contributed by atoms with Crippen molar-refractivity contribution >= 4 is 33.7 Å². The lowest BCUT2D eigenvalue weighted by Crippen LogP contribution is -2.08. The van der Waals surface area contributed by atoms with Gasteiger partial charge in [-0.15, -0.1) is 0 Å². The van der Waals surface area contributed by atoms with Gasteiger partial charge in [-0.05, 0) is 18.6 Å². The van der Waals surface area contributed by atoms with Gasteiger partial charge in [-0.1, -0.05) is 31.5 Å². The molecule has 8 heteroatoms. The van der Waals surface area contributed by atoms with Crippen molar-refractivity contribution in [2.75, 3.05) is 25.6 Å². The van der Waals surface area contributed by atoms with E-state index in [0.29, 0.717) is 30.6 Å². The maximum atomic E-state index is 5.82. The fraction of sp³-hybridized carbons (Fsp3) is 0.333. The number of rotatable bonds is 9. The molecule has 0 aliphatic heterocycles. The Morgan fingerprint density at radius 1 is 1.10 bits per heavy atom. The summed E-state index contributed by atoms with van der Waals surface area (Å²) in [5, 5.41) is 4.30. The number of aromatic nitrogens is 5. The van der Waals surface area contributed by atoms with Crippen LogP contribution in [0.1, 0.15) is 19.8 Å². The highest BCUT2D eigenvalue weighted by molar-refractivity contribution is 5.83. The molecule has 0 unspecified atom stereocenters. The molecule has 1 aromatic carbocycles. The number of methoxy groups -OCH3 is 1. The molecule has 0 aliphatic carbocycles. The first-order valence-corrected chi connectivity index (χ1v) is 9.75. The molecule has 0 aliphatic rings. The van der Waals surface area contributed by atoms with Gasteiger partial charge in [0.25, 0.3) is 0 Å². The summed E-state index contributed by atoms with van der Waals surface area (Å²) in [6.45, 7) is 3.87. The molecule has 0 fully saturated rings. The number of unbranched alkanes of at least 4 members (excludes halogenated alkanes) is 1. The van der Waals surface area contributed by atoms with Crippen LogP contribution in [0.2, 0.25) is 0 Å². The van der Waals surface area contributed by atoms with E-state index in [9.17, 15) is 0 Å². The van der Waals surface area contributed by atoms with Crippen LogP contribution in [0.15, 0.2) is 42.9 Å². The Labute approximate surface area is 168 Å². The minimum absolute atomic E-state index is 0.390. The van der Waals surface area contributed by atoms with Crippen molar-refractivity contribution in [3.05, 3.63) is 42.9 Å². The van der Waals surface area contributed by atoms with Crippen LogP contribution in [-0.2, 0) is 11.3 Å². The van der Waals surface area contributed by atoms with Gasteiger partial charge in [-0.25, -0.2) is 4.98 Å². The summed E-state index contributed by atoms with van der Waals surface area (Å²) in [6, 6.07) is 9.99. The molecule has 8 nitrogen and oxygen atoms in total. The molecule has 3 heterocycles. The van der Waals surface area contributed by atoms with E-state index in [4.69, 9.17) is 14.5 Å². The van der Waals surface area contributed by atoms with Crippen molar-refractivity contribution in [3.8, 4) is 5.88 Å². The molecule has 0 radical (unpaired) electrons. The number of para-hydroxylation sites is 1. The van der Waals surface area contributed by atoms with Crippen LogP contribution < -0.4 is 10.1 Å². The Balaban J connectivity index is 1.69. The number of aryl methyl sites for hydroxylation is 1. The van der Waals surface area contributed by atoms with Crippen molar-refractivity contribution in [2.24, 2.45) is 0 Å². The molecule has 150 valence electrons. The summed E-state index contributed by atoms with van der Waals surface area (Å²) in [5.41, 5.74) is 3.15. The van der Waals surface area contributed by atoms with Crippen LogP contribution in [0.3, 0.4) is 0 Å². The summed E-state index contributed by atoms with van der Waals surface area (Å²) in [5.74, 6) is 0.888. The Morgan fingerprint density at radius 3 is 2.86 bits per heavy atom. The molecule has 3 aromatic heterocycles. The molecule has 0 amide bonds. The van der Waals surface area contributed by atoms with Crippen LogP contribution in [0.5, 0.6) is 5.88 Å². The first kappa shape index (κ1) is 19.1. The van der Waals surface area contributed by atoms with Crippen LogP contribution in [0, 0.1) is 0 Å². The van der Waals surface area contributed by atoms with E-state index in [1.54, 1.807) is 19.6 Å². The topological polar surface area (TPSA) is 87.0 Å². The number of hydrogen-bond acceptors (Lipinski definition) is 7. The SMILES string of the molecule is CCCCn1cnc2c(OCCOC)nc(Nc3cnc4ccccc4c3)nc21. The van der Waals surface area contributed by atoms with Gasteiger partial charge >= 0.3 is 0 Å². The van der Waals surface area contributed by atoms with E-state index < -0.39 is 0 Å². The quantitative estimate of drug-likeness (QED) is 0.432. The number of nitrogens with zero attached hydrogens (tertiary/aromatic N) is 5. The molecule has 0 saturated heterocycles. The second-order valence-corrected chi connectivity index (χ2v) is 6.70. The lowest BCUT2D eigenvalue weighted by atomic mass is 10.2. The Bertz CT molecular complexity index is 1110. The Hall–Kier alpha value is -3.26. The highest BCUT2D eigenvalue weighted by Crippen LogP contribution is 2.25. The van der Waals surface area contributed by atoms with Crippen LogP contribution in [0.25, 0.3) is 22.1 Å². The number of benzene rings is 1. The van der Waals surface area contributed by atoms with Crippen LogP contribution >= 0.6 is 0 Å². The second-order valence-electron chi connectivity index (χ2n) is 6.70. The number of hydrogen-bond donors (Lipinski definition) is 1. The van der Waals surface area contributed by atoms with Crippen LogP contribution in [0.4, 0.5) is 11.6 Å². The average Bonchev–Trinajstić information content (AvgIpc) is 3.15. The minimum atomic E-state index is 0.390. The fourth-order valence-corrected chi connectivity index (χ4v) is 3.06. The zero-order valence-electron chi connectivity index (χ0n) is 16.6. The van der Waals surface area contributed by atoms with Gasteiger partial charge in [-0.2, -0.15) is 9.97 Å². The molecule has 0 atom stereocenters. The van der Waals surface area contributed by atoms with E-state index in [2.05, 4.69) is 27.2 Å². The first-order chi connectivity index (χ1) is 14.3. The van der Waals surface area contributed by atoms with Crippen molar-refractivity contribution in [2.45, 2.75) is 26.3 Å². The molecular weight excluding hydrogens is 368 g/mol. The normalized spacial score (nSPS) is 11.2. The highest BCUT2D eigenvalue weighted by atomic mass is 16.5. The van der Waals surface area contributed by atoms with Gasteiger partial charge in [0, 0.05) is 19.0 Å². The van der Waals surface area contributed by atoms with Crippen LogP contribution in [-0.4, -0.2) is 44.8 Å². The van der Waals surface area contributed by atoms with Crippen molar-refractivity contribution in [1.82, 2.24) is 24.5 Å². The maximum Gasteiger partial charge on any atom is 0.247 e. The van der Waals surface area contributed by atoms with Gasteiger partial charge in [-0.3, -0.25) is 4.98 Å². The molecule has 29 heavy (non-hydrogen) atoms. The van der Waals surface area contributed by atoms with Gasteiger partial charge < -0.3 is 19.4 Å². The number of fused-ring (bicyclic) bond motifs is 2. The van der Waals surface area contributed by atoms with E-state index in [0.717, 1.165) is 41.6 Å². The van der Waals surface area contributed by atoms with E-state index in [-0.39, 0.29) is 0 Å². The first-order valence-electron chi connectivity index (χ1n) is 9.75. The van der Waals surface area contributed by atoms with E-state index >= 15 is 0 Å². The molecular formula is C21H24N6O2. The van der Waals surface area contributed by atoms with Gasteiger partial charge in [0.1, 0.15) is 6.61 Å².